The second-order valence-corrected chi connectivity index (χ2v) is 3.32. The number of carbonyl (C=O) groups is 1. The number of rotatable bonds is 2. The normalized spacial score (nSPS) is 12.3. The van der Waals surface area contributed by atoms with Crippen LogP contribution < -0.4 is 4.74 Å². The van der Waals surface area contributed by atoms with Crippen molar-refractivity contribution in [3.05, 3.63) is 29.3 Å². The summed E-state index contributed by atoms with van der Waals surface area (Å²) < 4.78 is 5.05. The lowest BCUT2D eigenvalue weighted by Gasteiger charge is -2.10. The molecule has 0 fully saturated rings. The quantitative estimate of drug-likeness (QED) is 0.574. The van der Waals surface area contributed by atoms with E-state index in [9.17, 15) is 4.79 Å². The average molecular weight is 194 g/mol. The number of benzene rings is 1. The van der Waals surface area contributed by atoms with Gasteiger partial charge in [0, 0.05) is 0 Å². The molecular formula is C11H14O3. The lowest BCUT2D eigenvalue weighted by atomic mass is 10.1. The van der Waals surface area contributed by atoms with Crippen LogP contribution in [0.2, 0.25) is 0 Å². The number of esters is 1. The van der Waals surface area contributed by atoms with Crippen molar-refractivity contribution < 1.29 is 14.6 Å². The van der Waals surface area contributed by atoms with E-state index in [1.54, 1.807) is 0 Å². The van der Waals surface area contributed by atoms with Gasteiger partial charge in [-0.3, -0.25) is 0 Å². The number of hydrogen-bond donors (Lipinski definition) is 1. The van der Waals surface area contributed by atoms with Gasteiger partial charge in [-0.15, -0.1) is 0 Å². The van der Waals surface area contributed by atoms with Gasteiger partial charge in [0.2, 0.25) is 0 Å². The second kappa shape index (κ2) is 4.24. The average Bonchev–Trinajstić information content (AvgIpc) is 2.11. The van der Waals surface area contributed by atoms with E-state index < -0.39 is 12.1 Å². The van der Waals surface area contributed by atoms with Crippen LogP contribution in [0.3, 0.4) is 0 Å². The third-order valence-electron chi connectivity index (χ3n) is 1.95. The Kier molecular flexibility index (Phi) is 3.25. The summed E-state index contributed by atoms with van der Waals surface area (Å²) in [5.74, 6) is -0.0826. The van der Waals surface area contributed by atoms with E-state index in [2.05, 4.69) is 0 Å². The predicted molar refractivity (Wildman–Crippen MR) is 53.2 cm³/mol. The first-order valence-corrected chi connectivity index (χ1v) is 4.48. The predicted octanol–water partition coefficient (Wildman–Crippen LogP) is 1.59. The topological polar surface area (TPSA) is 46.5 Å². The van der Waals surface area contributed by atoms with E-state index in [0.717, 1.165) is 11.1 Å². The first kappa shape index (κ1) is 10.7. The van der Waals surface area contributed by atoms with Crippen LogP contribution in [0.5, 0.6) is 5.75 Å². The molecule has 0 saturated heterocycles. The molecule has 1 atom stereocenters. The lowest BCUT2D eigenvalue weighted by Crippen LogP contribution is -2.22. The Morgan fingerprint density at radius 2 is 1.86 bits per heavy atom. The van der Waals surface area contributed by atoms with Gasteiger partial charge < -0.3 is 9.84 Å². The fourth-order valence-electron chi connectivity index (χ4n) is 1.15. The summed E-state index contributed by atoms with van der Waals surface area (Å²) in [6.07, 6.45) is -1.09. The van der Waals surface area contributed by atoms with Gasteiger partial charge in [-0.25, -0.2) is 4.79 Å². The number of aliphatic hydroxyl groups excluding tert-OH is 1. The molecule has 1 aromatic rings. The Morgan fingerprint density at radius 1 is 1.36 bits per heavy atom. The summed E-state index contributed by atoms with van der Waals surface area (Å²) in [6.45, 7) is 5.10. The zero-order valence-corrected chi connectivity index (χ0v) is 8.57. The minimum atomic E-state index is -1.09. The number of ether oxygens (including phenoxy) is 1. The van der Waals surface area contributed by atoms with Crippen molar-refractivity contribution in [1.82, 2.24) is 0 Å². The maximum absolute atomic E-state index is 11.1. The molecule has 14 heavy (non-hydrogen) atoms. The van der Waals surface area contributed by atoms with Gasteiger partial charge in [-0.1, -0.05) is 18.2 Å². The van der Waals surface area contributed by atoms with Crippen LogP contribution in [-0.4, -0.2) is 17.2 Å². The molecule has 0 spiro atoms. The molecule has 3 nitrogen and oxygen atoms in total. The Balaban J connectivity index is 2.91. The number of hydrogen-bond acceptors (Lipinski definition) is 3. The Labute approximate surface area is 83.3 Å². The molecule has 0 amide bonds. The molecule has 0 bridgehead atoms. The van der Waals surface area contributed by atoms with Crippen molar-refractivity contribution in [1.29, 1.82) is 0 Å². The number of aryl methyl sites for hydroxylation is 2. The SMILES string of the molecule is Cc1cccc(C)c1OC(=O)C(C)O. The third kappa shape index (κ3) is 2.33. The number of carbonyl (C=O) groups excluding carboxylic acids is 1. The van der Waals surface area contributed by atoms with Gasteiger partial charge in [-0.05, 0) is 31.9 Å². The molecule has 0 radical (unpaired) electrons. The first-order chi connectivity index (χ1) is 6.52. The standard InChI is InChI=1S/C11H14O3/c1-7-5-4-6-8(2)10(7)14-11(13)9(3)12/h4-6,9,12H,1-3H3. The van der Waals surface area contributed by atoms with Crippen LogP contribution in [0.15, 0.2) is 18.2 Å². The van der Waals surface area contributed by atoms with E-state index in [-0.39, 0.29) is 0 Å². The molecule has 0 aliphatic carbocycles. The molecule has 1 aromatic carbocycles. The van der Waals surface area contributed by atoms with Gasteiger partial charge in [0.25, 0.3) is 0 Å². The smallest absolute Gasteiger partial charge is 0.340 e. The molecule has 1 unspecified atom stereocenters. The minimum Gasteiger partial charge on any atom is -0.424 e. The molecule has 0 heterocycles. The van der Waals surface area contributed by atoms with Gasteiger partial charge >= 0.3 is 5.97 Å². The molecule has 3 heteroatoms. The van der Waals surface area contributed by atoms with Crippen molar-refractivity contribution in [2.24, 2.45) is 0 Å². The third-order valence-corrected chi connectivity index (χ3v) is 1.95. The van der Waals surface area contributed by atoms with Gasteiger partial charge in [0.1, 0.15) is 11.9 Å². The first-order valence-electron chi connectivity index (χ1n) is 4.48. The van der Waals surface area contributed by atoms with E-state index in [1.165, 1.54) is 6.92 Å². The molecule has 0 aliphatic heterocycles. The summed E-state index contributed by atoms with van der Waals surface area (Å²) in [7, 11) is 0. The maximum Gasteiger partial charge on any atom is 0.340 e. The van der Waals surface area contributed by atoms with Crippen molar-refractivity contribution in [3.63, 3.8) is 0 Å². The molecule has 0 aliphatic rings. The van der Waals surface area contributed by atoms with E-state index >= 15 is 0 Å². The Morgan fingerprint density at radius 3 is 2.29 bits per heavy atom. The Hall–Kier alpha value is -1.35. The van der Waals surface area contributed by atoms with Crippen molar-refractivity contribution in [2.75, 3.05) is 0 Å². The monoisotopic (exact) mass is 194 g/mol. The molecular weight excluding hydrogens is 180 g/mol. The zero-order valence-electron chi connectivity index (χ0n) is 8.57. The fraction of sp³-hybridized carbons (Fsp3) is 0.364. The van der Waals surface area contributed by atoms with Crippen LogP contribution in [-0.2, 0) is 4.79 Å². The van der Waals surface area contributed by atoms with Crippen molar-refractivity contribution in [2.45, 2.75) is 26.9 Å². The molecule has 0 saturated carbocycles. The highest BCUT2D eigenvalue weighted by Gasteiger charge is 2.13. The molecule has 76 valence electrons. The second-order valence-electron chi connectivity index (χ2n) is 3.32. The molecule has 1 rings (SSSR count). The lowest BCUT2D eigenvalue weighted by molar-refractivity contribution is -0.142. The van der Waals surface area contributed by atoms with Crippen molar-refractivity contribution >= 4 is 5.97 Å². The molecule has 1 N–H and O–H groups in total. The summed E-state index contributed by atoms with van der Waals surface area (Å²) in [5.41, 5.74) is 1.78. The van der Waals surface area contributed by atoms with Crippen LogP contribution in [0.4, 0.5) is 0 Å². The van der Waals surface area contributed by atoms with Crippen LogP contribution in [0, 0.1) is 13.8 Å². The van der Waals surface area contributed by atoms with Gasteiger partial charge in [-0.2, -0.15) is 0 Å². The highest BCUT2D eigenvalue weighted by molar-refractivity contribution is 5.77. The highest BCUT2D eigenvalue weighted by atomic mass is 16.5. The van der Waals surface area contributed by atoms with Crippen LogP contribution in [0.1, 0.15) is 18.1 Å². The van der Waals surface area contributed by atoms with E-state index in [4.69, 9.17) is 9.84 Å². The van der Waals surface area contributed by atoms with E-state index in [0.29, 0.717) is 5.75 Å². The summed E-state index contributed by atoms with van der Waals surface area (Å²) in [4.78, 5) is 11.1. The largest absolute Gasteiger partial charge is 0.424 e. The summed E-state index contributed by atoms with van der Waals surface area (Å²) >= 11 is 0. The van der Waals surface area contributed by atoms with E-state index in [1.807, 2.05) is 32.0 Å². The van der Waals surface area contributed by atoms with Crippen LogP contribution in [0.25, 0.3) is 0 Å². The Bertz CT molecular complexity index is 322. The zero-order chi connectivity index (χ0) is 10.7. The fourth-order valence-corrected chi connectivity index (χ4v) is 1.15. The summed E-state index contributed by atoms with van der Waals surface area (Å²) in [6, 6.07) is 5.61. The van der Waals surface area contributed by atoms with Gasteiger partial charge in [0.15, 0.2) is 0 Å². The molecule has 0 aromatic heterocycles. The summed E-state index contributed by atoms with van der Waals surface area (Å²) in [5, 5.41) is 8.99. The van der Waals surface area contributed by atoms with Crippen LogP contribution >= 0.6 is 0 Å². The minimum absolute atomic E-state index is 0.540. The number of aliphatic hydroxyl groups is 1. The van der Waals surface area contributed by atoms with Gasteiger partial charge in [0.05, 0.1) is 0 Å². The maximum atomic E-state index is 11.1. The van der Waals surface area contributed by atoms with Crippen molar-refractivity contribution in [3.8, 4) is 5.75 Å². The highest BCUT2D eigenvalue weighted by Crippen LogP contribution is 2.22. The number of para-hydroxylation sites is 1.